The fraction of sp³-hybridized carbons (Fsp3) is 0.0833. The lowest BCUT2D eigenvalue weighted by Crippen LogP contribution is -2.16. The Morgan fingerprint density at radius 2 is 2.19 bits per heavy atom. The van der Waals surface area contributed by atoms with Crippen LogP contribution in [0.1, 0.15) is 5.56 Å². The molecule has 2 heterocycles. The maximum Gasteiger partial charge on any atom is 0.281 e. The van der Waals surface area contributed by atoms with E-state index in [9.17, 15) is 12.8 Å². The smallest absolute Gasteiger partial charge is 0.281 e. The lowest BCUT2D eigenvalue weighted by Gasteiger charge is -2.08. The highest BCUT2D eigenvalue weighted by Gasteiger charge is 2.24. The number of halogens is 1. The Labute approximate surface area is 124 Å². The molecule has 0 aliphatic heterocycles. The summed E-state index contributed by atoms with van der Waals surface area (Å²) in [7, 11) is -3.92. The van der Waals surface area contributed by atoms with Crippen molar-refractivity contribution in [1.29, 1.82) is 0 Å². The van der Waals surface area contributed by atoms with E-state index in [1.807, 2.05) is 0 Å². The minimum Gasteiger partial charge on any atom is -0.381 e. The Morgan fingerprint density at radius 3 is 2.90 bits per heavy atom. The second kappa shape index (κ2) is 4.71. The number of aryl methyl sites for hydroxylation is 1. The number of nitrogens with zero attached hydrogens (tertiary/aromatic N) is 2. The van der Waals surface area contributed by atoms with Gasteiger partial charge in [-0.2, -0.15) is 8.42 Å². The van der Waals surface area contributed by atoms with Crippen LogP contribution in [0.5, 0.6) is 0 Å². The third-order valence-electron chi connectivity index (χ3n) is 2.91. The molecule has 0 fully saturated rings. The minimum absolute atomic E-state index is 0.0758. The Balaban J connectivity index is 2.06. The normalized spacial score (nSPS) is 11.9. The fourth-order valence-corrected chi connectivity index (χ4v) is 4.00. The number of sulfonamides is 1. The number of rotatable bonds is 3. The molecule has 1 aromatic carbocycles. The molecule has 0 unspecified atom stereocenters. The molecule has 3 rings (SSSR count). The van der Waals surface area contributed by atoms with Crippen molar-refractivity contribution in [2.24, 2.45) is 0 Å². The van der Waals surface area contributed by atoms with Gasteiger partial charge in [-0.3, -0.25) is 9.12 Å². The van der Waals surface area contributed by atoms with Gasteiger partial charge in [-0.1, -0.05) is 0 Å². The van der Waals surface area contributed by atoms with E-state index in [4.69, 9.17) is 5.73 Å². The summed E-state index contributed by atoms with van der Waals surface area (Å²) >= 11 is 1.28. The van der Waals surface area contributed by atoms with Gasteiger partial charge in [0.1, 0.15) is 5.82 Å². The molecule has 3 N–H and O–H groups in total. The number of nitrogens with two attached hydrogens (primary N) is 1. The predicted octanol–water partition coefficient (Wildman–Crippen LogP) is 2.23. The van der Waals surface area contributed by atoms with Gasteiger partial charge in [0, 0.05) is 17.3 Å². The Bertz CT molecular complexity index is 930. The zero-order valence-electron chi connectivity index (χ0n) is 10.9. The number of thiazole rings is 1. The molecular formula is C12H11FN4O2S2. The van der Waals surface area contributed by atoms with E-state index in [0.717, 1.165) is 0 Å². The highest BCUT2D eigenvalue weighted by Crippen LogP contribution is 2.25. The van der Waals surface area contributed by atoms with E-state index < -0.39 is 15.8 Å². The van der Waals surface area contributed by atoms with Crippen LogP contribution in [-0.2, 0) is 10.0 Å². The Kier molecular flexibility index (Phi) is 3.10. The summed E-state index contributed by atoms with van der Waals surface area (Å²) in [5.41, 5.74) is 6.29. The second-order valence-corrected chi connectivity index (χ2v) is 6.90. The Morgan fingerprint density at radius 1 is 1.43 bits per heavy atom. The average Bonchev–Trinajstić information content (AvgIpc) is 2.92. The van der Waals surface area contributed by atoms with Crippen LogP contribution in [0.3, 0.4) is 0 Å². The van der Waals surface area contributed by atoms with Gasteiger partial charge in [0.2, 0.25) is 5.03 Å². The number of benzene rings is 1. The van der Waals surface area contributed by atoms with Crippen molar-refractivity contribution in [3.8, 4) is 0 Å². The quantitative estimate of drug-likeness (QED) is 0.772. The van der Waals surface area contributed by atoms with E-state index >= 15 is 0 Å². The standard InChI is InChI=1S/C12H11FN4O2S2/c1-7-6-8(2-3-9(7)13)16-21(18,19)11-10(14)15-12-17(11)4-5-20-12/h2-6,16H,14H2,1H3. The van der Waals surface area contributed by atoms with Crippen molar-refractivity contribution in [3.05, 3.63) is 41.2 Å². The average molecular weight is 326 g/mol. The summed E-state index contributed by atoms with van der Waals surface area (Å²) < 4.78 is 41.9. The molecule has 3 aromatic rings. The number of fused-ring (bicyclic) bond motifs is 1. The van der Waals surface area contributed by atoms with Crippen LogP contribution in [0.4, 0.5) is 15.9 Å². The summed E-state index contributed by atoms with van der Waals surface area (Å²) in [6.07, 6.45) is 1.58. The maximum absolute atomic E-state index is 13.2. The van der Waals surface area contributed by atoms with E-state index in [1.54, 1.807) is 18.5 Å². The minimum atomic E-state index is -3.92. The molecule has 0 amide bonds. The molecule has 9 heteroatoms. The van der Waals surface area contributed by atoms with Crippen LogP contribution >= 0.6 is 11.3 Å². The van der Waals surface area contributed by atoms with E-state index in [1.165, 1.54) is 33.9 Å². The van der Waals surface area contributed by atoms with Crippen LogP contribution in [0.25, 0.3) is 4.96 Å². The SMILES string of the molecule is Cc1cc(NS(=O)(=O)c2c(N)nc3sccn23)ccc1F. The summed E-state index contributed by atoms with van der Waals surface area (Å²) in [4.78, 5) is 4.48. The lowest BCUT2D eigenvalue weighted by atomic mass is 10.2. The van der Waals surface area contributed by atoms with Gasteiger partial charge in [0.25, 0.3) is 10.0 Å². The molecule has 110 valence electrons. The van der Waals surface area contributed by atoms with E-state index in [-0.39, 0.29) is 16.5 Å². The largest absolute Gasteiger partial charge is 0.381 e. The first-order valence-electron chi connectivity index (χ1n) is 5.88. The third-order valence-corrected chi connectivity index (χ3v) is 5.08. The van der Waals surface area contributed by atoms with Crippen molar-refractivity contribution in [1.82, 2.24) is 9.38 Å². The molecule has 0 saturated carbocycles. The van der Waals surface area contributed by atoms with Gasteiger partial charge >= 0.3 is 0 Å². The summed E-state index contributed by atoms with van der Waals surface area (Å²) in [6.45, 7) is 1.55. The monoisotopic (exact) mass is 326 g/mol. The molecular weight excluding hydrogens is 315 g/mol. The van der Waals surface area contributed by atoms with Crippen LogP contribution in [0, 0.1) is 12.7 Å². The van der Waals surface area contributed by atoms with Crippen LogP contribution in [0.2, 0.25) is 0 Å². The molecule has 0 atom stereocenters. The number of imidazole rings is 1. The number of anilines is 2. The van der Waals surface area contributed by atoms with Crippen molar-refractivity contribution >= 4 is 37.8 Å². The van der Waals surface area contributed by atoms with Crippen molar-refractivity contribution < 1.29 is 12.8 Å². The maximum atomic E-state index is 13.2. The fourth-order valence-electron chi connectivity index (χ4n) is 1.96. The lowest BCUT2D eigenvalue weighted by molar-refractivity contribution is 0.597. The van der Waals surface area contributed by atoms with Crippen molar-refractivity contribution in [2.45, 2.75) is 11.9 Å². The molecule has 6 nitrogen and oxygen atoms in total. The van der Waals surface area contributed by atoms with Gasteiger partial charge in [0.15, 0.2) is 10.8 Å². The zero-order valence-corrected chi connectivity index (χ0v) is 12.5. The van der Waals surface area contributed by atoms with E-state index in [2.05, 4.69) is 9.71 Å². The first-order chi connectivity index (χ1) is 9.88. The summed E-state index contributed by atoms with van der Waals surface area (Å²) in [5.74, 6) is -0.477. The van der Waals surface area contributed by atoms with Crippen LogP contribution in [-0.4, -0.2) is 17.8 Å². The van der Waals surface area contributed by atoms with Crippen molar-refractivity contribution in [3.63, 3.8) is 0 Å². The molecule has 0 aliphatic carbocycles. The van der Waals surface area contributed by atoms with Gasteiger partial charge < -0.3 is 5.73 Å². The molecule has 0 bridgehead atoms. The first kappa shape index (κ1) is 13.8. The van der Waals surface area contributed by atoms with Crippen LogP contribution < -0.4 is 10.5 Å². The van der Waals surface area contributed by atoms with Gasteiger partial charge in [-0.15, -0.1) is 11.3 Å². The number of nitrogen functional groups attached to an aromatic ring is 1. The molecule has 0 saturated heterocycles. The third kappa shape index (κ3) is 2.34. The second-order valence-electron chi connectivity index (χ2n) is 4.43. The van der Waals surface area contributed by atoms with Crippen LogP contribution in [0.15, 0.2) is 34.8 Å². The topological polar surface area (TPSA) is 89.5 Å². The highest BCUT2D eigenvalue weighted by molar-refractivity contribution is 7.92. The molecule has 2 aromatic heterocycles. The molecule has 21 heavy (non-hydrogen) atoms. The molecule has 0 radical (unpaired) electrons. The van der Waals surface area contributed by atoms with Gasteiger partial charge in [-0.05, 0) is 30.7 Å². The predicted molar refractivity (Wildman–Crippen MR) is 79.4 cm³/mol. The summed E-state index contributed by atoms with van der Waals surface area (Å²) in [5, 5.41) is 1.59. The number of hydrogen-bond acceptors (Lipinski definition) is 5. The van der Waals surface area contributed by atoms with Gasteiger partial charge in [-0.25, -0.2) is 9.37 Å². The van der Waals surface area contributed by atoms with E-state index in [0.29, 0.717) is 10.5 Å². The Hall–Kier alpha value is -2.13. The first-order valence-corrected chi connectivity index (χ1v) is 8.25. The number of nitrogens with one attached hydrogen (secondary N) is 1. The summed E-state index contributed by atoms with van der Waals surface area (Å²) in [6, 6.07) is 3.96. The zero-order chi connectivity index (χ0) is 15.2. The highest BCUT2D eigenvalue weighted by atomic mass is 32.2. The molecule has 0 spiro atoms. The van der Waals surface area contributed by atoms with Crippen molar-refractivity contribution in [2.75, 3.05) is 10.5 Å². The van der Waals surface area contributed by atoms with Gasteiger partial charge in [0.05, 0.1) is 0 Å². The number of hydrogen-bond donors (Lipinski definition) is 2. The molecule has 0 aliphatic rings. The number of aromatic nitrogens is 2.